The van der Waals surface area contributed by atoms with Crippen LogP contribution in [0.25, 0.3) is 0 Å². The summed E-state index contributed by atoms with van der Waals surface area (Å²) in [6.07, 6.45) is 7.26. The maximum Gasteiger partial charge on any atom is 0.240 e. The first-order valence-corrected chi connectivity index (χ1v) is 9.20. The Kier molecular flexibility index (Phi) is 4.54. The average Bonchev–Trinajstić information content (AvgIpc) is 2.90. The highest BCUT2D eigenvalue weighted by Crippen LogP contribution is 2.55. The minimum Gasteiger partial charge on any atom is -0.338 e. The van der Waals surface area contributed by atoms with Gasteiger partial charge in [0.2, 0.25) is 11.8 Å². The van der Waals surface area contributed by atoms with Crippen LogP contribution in [0.5, 0.6) is 0 Å². The lowest BCUT2D eigenvalue weighted by molar-refractivity contribution is -0.117. The van der Waals surface area contributed by atoms with Crippen LogP contribution in [0.3, 0.4) is 0 Å². The van der Waals surface area contributed by atoms with Gasteiger partial charge in [0.25, 0.3) is 0 Å². The molecule has 0 radical (unpaired) electrons. The van der Waals surface area contributed by atoms with E-state index in [0.29, 0.717) is 30.4 Å². The van der Waals surface area contributed by atoms with Gasteiger partial charge >= 0.3 is 0 Å². The van der Waals surface area contributed by atoms with Gasteiger partial charge in [0.05, 0.1) is 18.8 Å². The molecule has 1 spiro atoms. The van der Waals surface area contributed by atoms with E-state index in [0.717, 1.165) is 31.0 Å². The van der Waals surface area contributed by atoms with Gasteiger partial charge in [0.1, 0.15) is 5.82 Å². The van der Waals surface area contributed by atoms with Crippen molar-refractivity contribution in [3.8, 4) is 0 Å². The number of imidazole rings is 1. The smallest absolute Gasteiger partial charge is 0.240 e. The molecule has 3 heterocycles. The van der Waals surface area contributed by atoms with Gasteiger partial charge < -0.3 is 14.4 Å². The van der Waals surface area contributed by atoms with Gasteiger partial charge in [-0.1, -0.05) is 5.16 Å². The van der Waals surface area contributed by atoms with Crippen molar-refractivity contribution in [1.82, 2.24) is 24.9 Å². The molecule has 1 saturated heterocycles. The van der Waals surface area contributed by atoms with Crippen molar-refractivity contribution in [1.29, 1.82) is 0 Å². The second-order valence-electron chi connectivity index (χ2n) is 7.57. The van der Waals surface area contributed by atoms with Gasteiger partial charge in [0, 0.05) is 31.5 Å². The molecular formula is C18H26N6O2. The van der Waals surface area contributed by atoms with Crippen LogP contribution in [0.2, 0.25) is 0 Å². The molecule has 1 atom stereocenters. The number of amides is 1. The number of piperidine rings is 1. The van der Waals surface area contributed by atoms with Crippen LogP contribution in [0, 0.1) is 12.3 Å². The number of aromatic nitrogens is 3. The number of nitrogens with one attached hydrogen (secondary N) is 2. The molecule has 1 saturated carbocycles. The Hall–Kier alpha value is -2.19. The first-order chi connectivity index (χ1) is 12.6. The molecule has 8 heteroatoms. The third kappa shape index (κ3) is 3.52. The van der Waals surface area contributed by atoms with E-state index in [-0.39, 0.29) is 5.91 Å². The minimum absolute atomic E-state index is 0.0775. The third-order valence-electron chi connectivity index (χ3n) is 5.69. The quantitative estimate of drug-likeness (QED) is 0.809. The number of carbonyl (C=O) groups is 1. The molecule has 4 rings (SSSR count). The van der Waals surface area contributed by atoms with Gasteiger partial charge in [-0.25, -0.2) is 4.98 Å². The maximum atomic E-state index is 12.6. The number of aryl methyl sites for hydroxylation is 2. The molecule has 1 unspecified atom stereocenters. The maximum absolute atomic E-state index is 12.6. The summed E-state index contributed by atoms with van der Waals surface area (Å²) in [5, 5.41) is 10.1. The van der Waals surface area contributed by atoms with Crippen molar-refractivity contribution >= 4 is 11.8 Å². The Balaban J connectivity index is 1.45. The standard InChI is InChI=1S/C18H26N6O2/c1-13-9-17(26-22-13)21-16(25)12-24(11-15-20-7-8-23(15)2)14-10-18(14)3-5-19-6-4-18/h7-9,14,19H,3-6,10-12H2,1-2H3,(H,21,25). The van der Waals surface area contributed by atoms with E-state index in [9.17, 15) is 4.79 Å². The monoisotopic (exact) mass is 358 g/mol. The van der Waals surface area contributed by atoms with Gasteiger partial charge in [0.15, 0.2) is 0 Å². The van der Waals surface area contributed by atoms with E-state index in [1.165, 1.54) is 12.8 Å². The van der Waals surface area contributed by atoms with Crippen molar-refractivity contribution in [3.63, 3.8) is 0 Å². The van der Waals surface area contributed by atoms with Crippen LogP contribution >= 0.6 is 0 Å². The first-order valence-electron chi connectivity index (χ1n) is 9.20. The molecule has 2 aliphatic rings. The Morgan fingerprint density at radius 2 is 2.31 bits per heavy atom. The van der Waals surface area contributed by atoms with Gasteiger partial charge in [-0.3, -0.25) is 15.0 Å². The van der Waals surface area contributed by atoms with Crippen molar-refractivity contribution in [3.05, 3.63) is 30.0 Å². The van der Waals surface area contributed by atoms with E-state index in [2.05, 4.69) is 25.7 Å². The van der Waals surface area contributed by atoms with Crippen LogP contribution in [0.1, 0.15) is 30.8 Å². The molecule has 1 aliphatic carbocycles. The summed E-state index contributed by atoms with van der Waals surface area (Å²) in [6, 6.07) is 2.16. The largest absolute Gasteiger partial charge is 0.338 e. The van der Waals surface area contributed by atoms with E-state index < -0.39 is 0 Å². The zero-order chi connectivity index (χ0) is 18.1. The molecule has 1 aliphatic heterocycles. The van der Waals surface area contributed by atoms with Crippen LogP contribution in [0.15, 0.2) is 23.0 Å². The minimum atomic E-state index is -0.0775. The fraction of sp³-hybridized carbons (Fsp3) is 0.611. The summed E-state index contributed by atoms with van der Waals surface area (Å²) in [7, 11) is 1.99. The lowest BCUT2D eigenvalue weighted by Crippen LogP contribution is -2.40. The average molecular weight is 358 g/mol. The summed E-state index contributed by atoms with van der Waals surface area (Å²) in [5.41, 5.74) is 1.11. The highest BCUT2D eigenvalue weighted by molar-refractivity contribution is 5.91. The number of rotatable bonds is 6. The molecule has 2 aromatic heterocycles. The molecule has 0 aromatic carbocycles. The molecule has 0 bridgehead atoms. The number of carbonyl (C=O) groups excluding carboxylic acids is 1. The normalized spacial score (nSPS) is 21.3. The second kappa shape index (κ2) is 6.85. The summed E-state index contributed by atoms with van der Waals surface area (Å²) >= 11 is 0. The van der Waals surface area contributed by atoms with Crippen LogP contribution in [0.4, 0.5) is 5.88 Å². The molecule has 2 N–H and O–H groups in total. The summed E-state index contributed by atoms with van der Waals surface area (Å²) in [4.78, 5) is 19.3. The molecule has 26 heavy (non-hydrogen) atoms. The zero-order valence-electron chi connectivity index (χ0n) is 15.4. The fourth-order valence-electron chi connectivity index (χ4n) is 4.10. The van der Waals surface area contributed by atoms with E-state index in [4.69, 9.17) is 4.52 Å². The Morgan fingerprint density at radius 3 is 2.96 bits per heavy atom. The van der Waals surface area contributed by atoms with Gasteiger partial charge in [-0.2, -0.15) is 0 Å². The van der Waals surface area contributed by atoms with Crippen LogP contribution in [-0.2, 0) is 18.4 Å². The van der Waals surface area contributed by atoms with Crippen molar-refractivity contribution < 1.29 is 9.32 Å². The predicted molar refractivity (Wildman–Crippen MR) is 96.4 cm³/mol. The highest BCUT2D eigenvalue weighted by atomic mass is 16.5. The molecule has 1 amide bonds. The molecule has 2 aromatic rings. The lowest BCUT2D eigenvalue weighted by atomic mass is 9.93. The van der Waals surface area contributed by atoms with Gasteiger partial charge in [-0.15, -0.1) is 0 Å². The van der Waals surface area contributed by atoms with E-state index in [1.54, 1.807) is 12.3 Å². The Labute approximate surface area is 152 Å². The van der Waals surface area contributed by atoms with Crippen LogP contribution < -0.4 is 10.6 Å². The fourth-order valence-corrected chi connectivity index (χ4v) is 4.10. The zero-order valence-corrected chi connectivity index (χ0v) is 15.4. The molecular weight excluding hydrogens is 332 g/mol. The number of nitrogens with zero attached hydrogens (tertiary/aromatic N) is 4. The number of hydrogen-bond donors (Lipinski definition) is 2. The molecule has 8 nitrogen and oxygen atoms in total. The SMILES string of the molecule is Cc1cc(NC(=O)CN(Cc2nccn2C)C2CC23CCNCC3)on1. The van der Waals surface area contributed by atoms with Crippen LogP contribution in [-0.4, -0.2) is 51.2 Å². The Bertz CT molecular complexity index is 776. The summed E-state index contributed by atoms with van der Waals surface area (Å²) in [5.74, 6) is 1.30. The van der Waals surface area contributed by atoms with E-state index in [1.807, 2.05) is 24.7 Å². The number of anilines is 1. The summed E-state index contributed by atoms with van der Waals surface area (Å²) in [6.45, 7) is 4.96. The topological polar surface area (TPSA) is 88.2 Å². The first kappa shape index (κ1) is 17.2. The van der Waals surface area contributed by atoms with Crippen molar-refractivity contribution in [2.75, 3.05) is 25.0 Å². The lowest BCUT2D eigenvalue weighted by Gasteiger charge is -2.29. The number of hydrogen-bond acceptors (Lipinski definition) is 6. The molecule has 2 fully saturated rings. The van der Waals surface area contributed by atoms with Crippen molar-refractivity contribution in [2.45, 2.75) is 38.8 Å². The second-order valence-corrected chi connectivity index (χ2v) is 7.57. The van der Waals surface area contributed by atoms with Crippen molar-refractivity contribution in [2.24, 2.45) is 12.5 Å². The Morgan fingerprint density at radius 1 is 1.50 bits per heavy atom. The van der Waals surface area contributed by atoms with E-state index >= 15 is 0 Å². The predicted octanol–water partition coefficient (Wildman–Crippen LogP) is 1.30. The molecule has 140 valence electrons. The van der Waals surface area contributed by atoms with Gasteiger partial charge in [-0.05, 0) is 44.7 Å². The summed E-state index contributed by atoms with van der Waals surface area (Å²) < 4.78 is 7.12. The highest BCUT2D eigenvalue weighted by Gasteiger charge is 2.56. The third-order valence-corrected chi connectivity index (χ3v) is 5.69.